The van der Waals surface area contributed by atoms with Crippen LogP contribution in [0.5, 0.6) is 0 Å². The lowest BCUT2D eigenvalue weighted by atomic mass is 10.1. The number of nitrogens with zero attached hydrogens (tertiary/aromatic N) is 1. The molecule has 0 aromatic carbocycles. The van der Waals surface area contributed by atoms with Crippen molar-refractivity contribution in [2.45, 2.75) is 25.9 Å². The van der Waals surface area contributed by atoms with Gasteiger partial charge in [0.15, 0.2) is 0 Å². The van der Waals surface area contributed by atoms with Gasteiger partial charge < -0.3 is 10.4 Å². The van der Waals surface area contributed by atoms with Crippen molar-refractivity contribution < 1.29 is 5.11 Å². The van der Waals surface area contributed by atoms with E-state index in [2.05, 4.69) is 10.3 Å². The Hall–Kier alpha value is -0.450. The van der Waals surface area contributed by atoms with E-state index in [1.165, 1.54) is 6.42 Å². The molecule has 4 heteroatoms. The molecule has 2 N–H and O–H groups in total. The monoisotopic (exact) mass is 212 g/mol. The van der Waals surface area contributed by atoms with Crippen molar-refractivity contribution in [3.05, 3.63) is 16.1 Å². The normalized spacial score (nSPS) is 24.0. The molecule has 1 saturated heterocycles. The minimum absolute atomic E-state index is 0.372. The Morgan fingerprint density at radius 2 is 2.64 bits per heavy atom. The maximum atomic E-state index is 9.36. The third-order valence-electron chi connectivity index (χ3n) is 2.61. The maximum Gasteiger partial charge on any atom is 0.0931 e. The summed E-state index contributed by atoms with van der Waals surface area (Å²) in [4.78, 5) is 5.31. The molecule has 1 fully saturated rings. The van der Waals surface area contributed by atoms with Gasteiger partial charge in [-0.2, -0.15) is 0 Å². The number of nitrogens with one attached hydrogen (secondary N) is 1. The third-order valence-corrected chi connectivity index (χ3v) is 3.80. The van der Waals surface area contributed by atoms with Gasteiger partial charge in [-0.05, 0) is 32.4 Å². The van der Waals surface area contributed by atoms with Crippen molar-refractivity contribution in [1.82, 2.24) is 10.3 Å². The van der Waals surface area contributed by atoms with E-state index in [9.17, 15) is 5.11 Å². The lowest BCUT2D eigenvalue weighted by molar-refractivity contribution is 0.203. The van der Waals surface area contributed by atoms with Crippen molar-refractivity contribution in [2.24, 2.45) is 5.92 Å². The number of aliphatic hydroxyl groups excluding tert-OH is 1. The summed E-state index contributed by atoms with van der Waals surface area (Å²) in [6.07, 6.45) is 3.74. The van der Waals surface area contributed by atoms with Crippen LogP contribution in [0.25, 0.3) is 0 Å². The Labute approximate surface area is 88.2 Å². The number of hydrogen-bond donors (Lipinski definition) is 2. The molecule has 1 aliphatic heterocycles. The molecule has 0 saturated carbocycles. The highest BCUT2D eigenvalue weighted by molar-refractivity contribution is 7.11. The van der Waals surface area contributed by atoms with Gasteiger partial charge in [-0.15, -0.1) is 11.3 Å². The first-order valence-electron chi connectivity index (χ1n) is 5.09. The second-order valence-corrected chi connectivity index (χ2v) is 5.04. The van der Waals surface area contributed by atoms with E-state index in [1.807, 2.05) is 0 Å². The van der Waals surface area contributed by atoms with Crippen molar-refractivity contribution >= 4 is 11.3 Å². The summed E-state index contributed by atoms with van der Waals surface area (Å²) in [5.74, 6) is 0.739. The second-order valence-electron chi connectivity index (χ2n) is 3.90. The summed E-state index contributed by atoms with van der Waals surface area (Å²) in [5.41, 5.74) is 0. The highest BCUT2D eigenvalue weighted by atomic mass is 32.1. The van der Waals surface area contributed by atoms with Crippen LogP contribution in [0.15, 0.2) is 6.20 Å². The van der Waals surface area contributed by atoms with Crippen molar-refractivity contribution in [2.75, 3.05) is 13.1 Å². The summed E-state index contributed by atoms with van der Waals surface area (Å²) in [7, 11) is 0. The fourth-order valence-electron chi connectivity index (χ4n) is 1.75. The average molecular weight is 212 g/mol. The van der Waals surface area contributed by atoms with Crippen LogP contribution in [0.1, 0.15) is 29.3 Å². The van der Waals surface area contributed by atoms with Crippen LogP contribution < -0.4 is 5.32 Å². The molecule has 14 heavy (non-hydrogen) atoms. The van der Waals surface area contributed by atoms with E-state index in [0.717, 1.165) is 35.3 Å². The fraction of sp³-hybridized carbons (Fsp3) is 0.700. The fourth-order valence-corrected chi connectivity index (χ4v) is 2.72. The van der Waals surface area contributed by atoms with E-state index in [1.54, 1.807) is 24.5 Å². The van der Waals surface area contributed by atoms with Crippen LogP contribution in [0.4, 0.5) is 0 Å². The van der Waals surface area contributed by atoms with Gasteiger partial charge in [0, 0.05) is 12.6 Å². The zero-order valence-corrected chi connectivity index (χ0v) is 9.18. The number of thiazole rings is 1. The van der Waals surface area contributed by atoms with Gasteiger partial charge in [-0.1, -0.05) is 0 Å². The molecule has 2 rings (SSSR count). The topological polar surface area (TPSA) is 45.2 Å². The molecule has 2 unspecified atom stereocenters. The summed E-state index contributed by atoms with van der Waals surface area (Å²) >= 11 is 1.64. The molecule has 78 valence electrons. The van der Waals surface area contributed by atoms with Crippen LogP contribution in [0.3, 0.4) is 0 Å². The highest BCUT2D eigenvalue weighted by Gasteiger charge is 2.17. The smallest absolute Gasteiger partial charge is 0.0931 e. The molecular weight excluding hydrogens is 196 g/mol. The number of hydrogen-bond acceptors (Lipinski definition) is 4. The Bertz CT molecular complexity index is 292. The Kier molecular flexibility index (Phi) is 3.15. The number of aromatic nitrogens is 1. The molecule has 0 radical (unpaired) electrons. The highest BCUT2D eigenvalue weighted by Crippen LogP contribution is 2.23. The van der Waals surface area contributed by atoms with Gasteiger partial charge in [-0.25, -0.2) is 4.98 Å². The van der Waals surface area contributed by atoms with Gasteiger partial charge in [0.1, 0.15) is 0 Å². The first kappa shape index (κ1) is 10.1. The second kappa shape index (κ2) is 4.38. The van der Waals surface area contributed by atoms with Gasteiger partial charge in [0.2, 0.25) is 0 Å². The summed E-state index contributed by atoms with van der Waals surface area (Å²) < 4.78 is 0. The Morgan fingerprint density at radius 1 is 1.79 bits per heavy atom. The molecule has 3 nitrogen and oxygen atoms in total. The molecule has 1 aromatic rings. The van der Waals surface area contributed by atoms with Gasteiger partial charge >= 0.3 is 0 Å². The van der Waals surface area contributed by atoms with E-state index in [4.69, 9.17) is 0 Å². The summed E-state index contributed by atoms with van der Waals surface area (Å²) in [6, 6.07) is 0. The van der Waals surface area contributed by atoms with Crippen LogP contribution in [-0.4, -0.2) is 23.2 Å². The summed E-state index contributed by atoms with van der Waals surface area (Å²) in [6.45, 7) is 4.04. The molecule has 2 atom stereocenters. The van der Waals surface area contributed by atoms with Crippen LogP contribution in [-0.2, 0) is 6.42 Å². The molecule has 0 spiro atoms. The SMILES string of the molecule is CC(O)c1cnc(CC2CCNC2)s1. The van der Waals surface area contributed by atoms with Gasteiger partial charge in [-0.3, -0.25) is 0 Å². The van der Waals surface area contributed by atoms with E-state index in [0.29, 0.717) is 0 Å². The van der Waals surface area contributed by atoms with Crippen LogP contribution in [0, 0.1) is 5.92 Å². The third kappa shape index (κ3) is 2.32. The Morgan fingerprint density at radius 3 is 3.21 bits per heavy atom. The molecule has 0 aliphatic carbocycles. The predicted molar refractivity (Wildman–Crippen MR) is 57.4 cm³/mol. The van der Waals surface area contributed by atoms with E-state index >= 15 is 0 Å². The average Bonchev–Trinajstić information content (AvgIpc) is 2.75. The van der Waals surface area contributed by atoms with E-state index in [-0.39, 0.29) is 6.10 Å². The lowest BCUT2D eigenvalue weighted by Gasteiger charge is -2.03. The molecule has 2 heterocycles. The van der Waals surface area contributed by atoms with Crippen molar-refractivity contribution in [1.29, 1.82) is 0 Å². The zero-order chi connectivity index (χ0) is 9.97. The first-order chi connectivity index (χ1) is 6.75. The molecule has 0 amide bonds. The Balaban J connectivity index is 1.95. The largest absolute Gasteiger partial charge is 0.388 e. The molecule has 0 bridgehead atoms. The van der Waals surface area contributed by atoms with Gasteiger partial charge in [0.25, 0.3) is 0 Å². The number of rotatable bonds is 3. The minimum atomic E-state index is -0.372. The minimum Gasteiger partial charge on any atom is -0.388 e. The molecule has 1 aromatic heterocycles. The molecular formula is C10H16N2OS. The number of aliphatic hydroxyl groups is 1. The molecule has 1 aliphatic rings. The van der Waals surface area contributed by atoms with Crippen molar-refractivity contribution in [3.63, 3.8) is 0 Å². The zero-order valence-electron chi connectivity index (χ0n) is 8.36. The quantitative estimate of drug-likeness (QED) is 0.795. The first-order valence-corrected chi connectivity index (χ1v) is 5.90. The summed E-state index contributed by atoms with van der Waals surface area (Å²) in [5, 5.41) is 13.9. The maximum absolute atomic E-state index is 9.36. The van der Waals surface area contributed by atoms with Crippen LogP contribution in [0.2, 0.25) is 0 Å². The van der Waals surface area contributed by atoms with Crippen LogP contribution >= 0.6 is 11.3 Å². The van der Waals surface area contributed by atoms with Crippen molar-refractivity contribution in [3.8, 4) is 0 Å². The van der Waals surface area contributed by atoms with E-state index < -0.39 is 0 Å². The predicted octanol–water partition coefficient (Wildman–Crippen LogP) is 1.35. The lowest BCUT2D eigenvalue weighted by Crippen LogP contribution is -2.10. The van der Waals surface area contributed by atoms with Gasteiger partial charge in [0.05, 0.1) is 16.0 Å². The standard InChI is InChI=1S/C10H16N2OS/c1-7(13)9-6-12-10(14-9)4-8-2-3-11-5-8/h6-8,11,13H,2-5H2,1H3.